The Labute approximate surface area is 145 Å². The number of piperidine rings is 1. The van der Waals surface area contributed by atoms with Gasteiger partial charge in [0.25, 0.3) is 0 Å². The van der Waals surface area contributed by atoms with Crippen LogP contribution in [0.1, 0.15) is 38.5 Å². The van der Waals surface area contributed by atoms with Crippen LogP contribution in [0.2, 0.25) is 0 Å². The van der Waals surface area contributed by atoms with Gasteiger partial charge in [0.05, 0.1) is 25.7 Å². The van der Waals surface area contributed by atoms with Crippen molar-refractivity contribution in [1.82, 2.24) is 14.7 Å². The maximum absolute atomic E-state index is 12.7. The van der Waals surface area contributed by atoms with Gasteiger partial charge in [-0.3, -0.25) is 14.5 Å². The van der Waals surface area contributed by atoms with Gasteiger partial charge in [-0.05, 0) is 32.2 Å². The van der Waals surface area contributed by atoms with Crippen molar-refractivity contribution in [1.29, 1.82) is 0 Å². The molecule has 1 unspecified atom stereocenters. The molecule has 0 N–H and O–H groups in total. The highest BCUT2D eigenvalue weighted by atomic mass is 16.5. The van der Waals surface area contributed by atoms with Crippen LogP contribution in [0.3, 0.4) is 0 Å². The first kappa shape index (κ1) is 17.7. The number of ether oxygens (including phenoxy) is 1. The van der Waals surface area contributed by atoms with Crippen LogP contribution in [-0.2, 0) is 14.3 Å². The van der Waals surface area contributed by atoms with Crippen molar-refractivity contribution in [2.75, 3.05) is 59.0 Å². The lowest BCUT2D eigenvalue weighted by atomic mass is 9.96. The summed E-state index contributed by atoms with van der Waals surface area (Å²) in [6.45, 7) is 6.68. The Kier molecular flexibility index (Phi) is 6.49. The summed E-state index contributed by atoms with van der Waals surface area (Å²) in [5, 5.41) is 0. The largest absolute Gasteiger partial charge is 0.378 e. The molecule has 3 fully saturated rings. The fourth-order valence-electron chi connectivity index (χ4n) is 4.05. The zero-order valence-corrected chi connectivity index (χ0v) is 14.8. The van der Waals surface area contributed by atoms with Gasteiger partial charge in [0, 0.05) is 32.7 Å². The highest BCUT2D eigenvalue weighted by molar-refractivity contribution is 5.80. The molecule has 6 heteroatoms. The predicted molar refractivity (Wildman–Crippen MR) is 91.6 cm³/mol. The number of rotatable bonds is 3. The Bertz CT molecular complexity index is 429. The van der Waals surface area contributed by atoms with E-state index in [-0.39, 0.29) is 17.7 Å². The standard InChI is InChI=1S/C18H31N3O3/c22-17(20-8-3-1-2-4-9-20)15-19-7-5-6-16(14-19)18(23)21-10-12-24-13-11-21/h16H,1-15H2. The number of hydrogen-bond donors (Lipinski definition) is 0. The van der Waals surface area contributed by atoms with Crippen molar-refractivity contribution >= 4 is 11.8 Å². The number of carbonyl (C=O) groups is 2. The first-order chi connectivity index (χ1) is 11.7. The van der Waals surface area contributed by atoms with E-state index in [4.69, 9.17) is 4.74 Å². The molecule has 0 saturated carbocycles. The van der Waals surface area contributed by atoms with Crippen molar-refractivity contribution < 1.29 is 14.3 Å². The number of nitrogens with zero attached hydrogens (tertiary/aromatic N) is 3. The Hall–Kier alpha value is -1.14. The third-order valence-corrected chi connectivity index (χ3v) is 5.50. The van der Waals surface area contributed by atoms with Gasteiger partial charge in [-0.15, -0.1) is 0 Å². The van der Waals surface area contributed by atoms with Crippen molar-refractivity contribution in [3.05, 3.63) is 0 Å². The molecule has 3 rings (SSSR count). The minimum atomic E-state index is 0.0498. The summed E-state index contributed by atoms with van der Waals surface area (Å²) in [4.78, 5) is 31.4. The number of carbonyl (C=O) groups excluding carboxylic acids is 2. The number of amides is 2. The van der Waals surface area contributed by atoms with Gasteiger partial charge in [-0.1, -0.05) is 12.8 Å². The van der Waals surface area contributed by atoms with E-state index in [2.05, 4.69) is 4.90 Å². The summed E-state index contributed by atoms with van der Waals surface area (Å²) in [5.41, 5.74) is 0. The van der Waals surface area contributed by atoms with E-state index in [1.807, 2.05) is 9.80 Å². The number of hydrogen-bond acceptors (Lipinski definition) is 4. The zero-order valence-electron chi connectivity index (χ0n) is 14.8. The summed E-state index contributed by atoms with van der Waals surface area (Å²) >= 11 is 0. The minimum Gasteiger partial charge on any atom is -0.378 e. The fraction of sp³-hybridized carbons (Fsp3) is 0.889. The number of likely N-dealkylation sites (tertiary alicyclic amines) is 2. The summed E-state index contributed by atoms with van der Waals surface area (Å²) < 4.78 is 5.33. The monoisotopic (exact) mass is 337 g/mol. The van der Waals surface area contributed by atoms with E-state index in [1.54, 1.807) is 0 Å². The average molecular weight is 337 g/mol. The first-order valence-corrected chi connectivity index (χ1v) is 9.61. The molecule has 24 heavy (non-hydrogen) atoms. The quantitative estimate of drug-likeness (QED) is 0.770. The zero-order chi connectivity index (χ0) is 16.8. The van der Waals surface area contributed by atoms with Crippen LogP contribution in [0.25, 0.3) is 0 Å². The lowest BCUT2D eigenvalue weighted by molar-refractivity contribution is -0.143. The maximum atomic E-state index is 12.7. The molecule has 2 amide bonds. The summed E-state index contributed by atoms with van der Waals surface area (Å²) in [6.07, 6.45) is 6.69. The molecule has 0 radical (unpaired) electrons. The minimum absolute atomic E-state index is 0.0498. The molecule has 0 aromatic rings. The maximum Gasteiger partial charge on any atom is 0.236 e. The van der Waals surface area contributed by atoms with Crippen LogP contribution < -0.4 is 0 Å². The average Bonchev–Trinajstić information content (AvgIpc) is 2.91. The van der Waals surface area contributed by atoms with Gasteiger partial charge >= 0.3 is 0 Å². The molecule has 0 aromatic carbocycles. The topological polar surface area (TPSA) is 53.1 Å². The SMILES string of the molecule is O=C(CN1CCCC(C(=O)N2CCOCC2)C1)N1CCCCCC1. The lowest BCUT2D eigenvalue weighted by Crippen LogP contribution is -2.50. The second-order valence-electron chi connectivity index (χ2n) is 7.31. The second kappa shape index (κ2) is 8.81. The van der Waals surface area contributed by atoms with Gasteiger partial charge in [0.2, 0.25) is 11.8 Å². The van der Waals surface area contributed by atoms with Crippen LogP contribution in [0, 0.1) is 5.92 Å². The van der Waals surface area contributed by atoms with Crippen molar-refractivity contribution in [2.45, 2.75) is 38.5 Å². The molecule has 3 heterocycles. The predicted octanol–water partition coefficient (Wildman–Crippen LogP) is 0.960. The van der Waals surface area contributed by atoms with Crippen LogP contribution in [0.4, 0.5) is 0 Å². The Morgan fingerprint density at radius 1 is 0.833 bits per heavy atom. The van der Waals surface area contributed by atoms with Crippen LogP contribution >= 0.6 is 0 Å². The van der Waals surface area contributed by atoms with E-state index >= 15 is 0 Å². The highest BCUT2D eigenvalue weighted by Gasteiger charge is 2.31. The van der Waals surface area contributed by atoms with Crippen LogP contribution in [0.15, 0.2) is 0 Å². The molecular formula is C18H31N3O3. The van der Waals surface area contributed by atoms with E-state index in [9.17, 15) is 9.59 Å². The third kappa shape index (κ3) is 4.70. The molecule has 6 nitrogen and oxygen atoms in total. The summed E-state index contributed by atoms with van der Waals surface area (Å²) in [7, 11) is 0. The molecular weight excluding hydrogens is 306 g/mol. The molecule has 3 aliphatic rings. The molecule has 0 aliphatic carbocycles. The molecule has 0 aromatic heterocycles. The van der Waals surface area contributed by atoms with Crippen molar-refractivity contribution in [3.8, 4) is 0 Å². The summed E-state index contributed by atoms with van der Waals surface area (Å²) in [5.74, 6) is 0.551. The third-order valence-electron chi connectivity index (χ3n) is 5.50. The first-order valence-electron chi connectivity index (χ1n) is 9.61. The highest BCUT2D eigenvalue weighted by Crippen LogP contribution is 2.20. The van der Waals surface area contributed by atoms with E-state index in [0.29, 0.717) is 32.8 Å². The normalized spacial score (nSPS) is 26.9. The van der Waals surface area contributed by atoms with Gasteiger partial charge in [0.1, 0.15) is 0 Å². The van der Waals surface area contributed by atoms with Crippen LogP contribution in [-0.4, -0.2) is 85.5 Å². The fourth-order valence-corrected chi connectivity index (χ4v) is 4.05. The van der Waals surface area contributed by atoms with Gasteiger partial charge in [-0.2, -0.15) is 0 Å². The number of morpholine rings is 1. The van der Waals surface area contributed by atoms with Crippen LogP contribution in [0.5, 0.6) is 0 Å². The van der Waals surface area contributed by atoms with Gasteiger partial charge < -0.3 is 14.5 Å². The van der Waals surface area contributed by atoms with Gasteiger partial charge in [0.15, 0.2) is 0 Å². The Morgan fingerprint density at radius 2 is 1.54 bits per heavy atom. The lowest BCUT2D eigenvalue weighted by Gasteiger charge is -2.36. The van der Waals surface area contributed by atoms with E-state index in [0.717, 1.165) is 51.9 Å². The summed E-state index contributed by atoms with van der Waals surface area (Å²) in [6, 6.07) is 0. The Balaban J connectivity index is 1.49. The molecule has 0 bridgehead atoms. The van der Waals surface area contributed by atoms with Crippen molar-refractivity contribution in [3.63, 3.8) is 0 Å². The van der Waals surface area contributed by atoms with E-state index < -0.39 is 0 Å². The molecule has 0 spiro atoms. The molecule has 3 saturated heterocycles. The molecule has 136 valence electrons. The molecule has 1 atom stereocenters. The Morgan fingerprint density at radius 3 is 2.25 bits per heavy atom. The van der Waals surface area contributed by atoms with Gasteiger partial charge in [-0.25, -0.2) is 0 Å². The smallest absolute Gasteiger partial charge is 0.236 e. The molecule has 3 aliphatic heterocycles. The van der Waals surface area contributed by atoms with E-state index in [1.165, 1.54) is 12.8 Å². The van der Waals surface area contributed by atoms with Crippen molar-refractivity contribution in [2.24, 2.45) is 5.92 Å². The second-order valence-corrected chi connectivity index (χ2v) is 7.31.